The third-order valence-corrected chi connectivity index (χ3v) is 10.9. The molecule has 0 bridgehead atoms. The molecule has 1 amide bonds. The molecule has 6 rings (SSSR count). The number of halogens is 3. The van der Waals surface area contributed by atoms with Gasteiger partial charge in [0, 0.05) is 39.0 Å². The van der Waals surface area contributed by atoms with Gasteiger partial charge in [0.2, 0.25) is 5.95 Å². The van der Waals surface area contributed by atoms with Gasteiger partial charge in [0.05, 0.1) is 23.5 Å². The van der Waals surface area contributed by atoms with Crippen LogP contribution in [-0.2, 0) is 24.2 Å². The molecule has 4 aromatic rings. The smallest absolute Gasteiger partial charge is 0.465 e. The second-order valence-electron chi connectivity index (χ2n) is 14.5. The van der Waals surface area contributed by atoms with Crippen molar-refractivity contribution in [3.05, 3.63) is 60.0 Å². The molecule has 1 aliphatic carbocycles. The van der Waals surface area contributed by atoms with Crippen molar-refractivity contribution in [2.24, 2.45) is 0 Å². The van der Waals surface area contributed by atoms with Gasteiger partial charge >= 0.3 is 12.4 Å². The maximum Gasteiger partial charge on any atom is 0.504 e. The van der Waals surface area contributed by atoms with Gasteiger partial charge in [0.1, 0.15) is 18.2 Å². The van der Waals surface area contributed by atoms with E-state index in [1.54, 1.807) is 0 Å². The lowest BCUT2D eigenvalue weighted by Gasteiger charge is -2.46. The zero-order valence-corrected chi connectivity index (χ0v) is 28.7. The van der Waals surface area contributed by atoms with Crippen molar-refractivity contribution in [2.75, 3.05) is 23.8 Å². The van der Waals surface area contributed by atoms with Gasteiger partial charge in [-0.2, -0.15) is 19.7 Å². The zero-order chi connectivity index (χ0) is 34.3. The number of carbonyl (C=O) groups is 1. The fourth-order valence-electron chi connectivity index (χ4n) is 6.37. The van der Waals surface area contributed by atoms with Gasteiger partial charge in [-0.3, -0.25) is 0 Å². The number of rotatable bonds is 12. The van der Waals surface area contributed by atoms with Crippen LogP contribution in [0.15, 0.2) is 48.9 Å². The average Bonchev–Trinajstić information content (AvgIpc) is 3.62. The number of fused-ring (bicyclic) bond motifs is 1. The molecule has 11 nitrogen and oxygen atoms in total. The van der Waals surface area contributed by atoms with Crippen LogP contribution in [-0.4, -0.2) is 73.2 Å². The molecule has 0 unspecified atom stereocenters. The lowest BCUT2D eigenvalue weighted by atomic mass is 9.81. The first kappa shape index (κ1) is 33.8. The molecule has 1 aliphatic heterocycles. The molecule has 1 saturated heterocycles. The Morgan fingerprint density at radius 1 is 1.12 bits per heavy atom. The van der Waals surface area contributed by atoms with E-state index in [4.69, 9.17) is 14.7 Å². The van der Waals surface area contributed by atoms with Crippen LogP contribution < -0.4 is 10.6 Å². The predicted octanol–water partition coefficient (Wildman–Crippen LogP) is 7.59. The molecule has 1 saturated carbocycles. The molecule has 1 aromatic carbocycles. The van der Waals surface area contributed by atoms with Crippen LogP contribution in [0, 0.1) is 0 Å². The van der Waals surface area contributed by atoms with Crippen LogP contribution in [0.1, 0.15) is 49.7 Å². The van der Waals surface area contributed by atoms with Crippen molar-refractivity contribution >= 4 is 42.7 Å². The first-order chi connectivity index (χ1) is 22.7. The Balaban J connectivity index is 1.32. The summed E-state index contributed by atoms with van der Waals surface area (Å²) in [7, 11) is -1.31. The van der Waals surface area contributed by atoms with Gasteiger partial charge < -0.3 is 29.9 Å². The largest absolute Gasteiger partial charge is 0.504 e. The first-order valence-electron chi connectivity index (χ1n) is 16.4. The Bertz CT molecular complexity index is 1750. The molecule has 0 spiro atoms. The number of carboxylic acid groups (broad SMARTS) is 1. The van der Waals surface area contributed by atoms with Crippen LogP contribution in [0.2, 0.25) is 25.7 Å². The molecule has 48 heavy (non-hydrogen) atoms. The van der Waals surface area contributed by atoms with E-state index in [0.717, 1.165) is 47.8 Å². The van der Waals surface area contributed by atoms with Crippen molar-refractivity contribution in [1.82, 2.24) is 29.2 Å². The Morgan fingerprint density at radius 3 is 2.52 bits per heavy atom. The predicted molar refractivity (Wildman–Crippen MR) is 180 cm³/mol. The molecule has 258 valence electrons. The molecule has 15 heteroatoms. The molecule has 3 aromatic heterocycles. The summed E-state index contributed by atoms with van der Waals surface area (Å²) in [5, 5.41) is 21.0. The van der Waals surface area contributed by atoms with E-state index in [9.17, 15) is 23.1 Å². The van der Waals surface area contributed by atoms with Crippen molar-refractivity contribution < 1.29 is 27.8 Å². The summed E-state index contributed by atoms with van der Waals surface area (Å²) < 4.78 is 47.8. The van der Waals surface area contributed by atoms with Gasteiger partial charge in [-0.1, -0.05) is 50.0 Å². The molecule has 0 radical (unpaired) electrons. The van der Waals surface area contributed by atoms with Crippen LogP contribution >= 0.6 is 0 Å². The number of hydrogen-bond acceptors (Lipinski definition) is 7. The average molecular weight is 685 g/mol. The van der Waals surface area contributed by atoms with Crippen LogP contribution in [0.25, 0.3) is 11.0 Å². The van der Waals surface area contributed by atoms with Crippen molar-refractivity contribution in [3.63, 3.8) is 0 Å². The highest BCUT2D eigenvalue weighted by molar-refractivity contribution is 6.76. The number of benzene rings is 1. The molecule has 4 heterocycles. The number of amides is 1. The van der Waals surface area contributed by atoms with E-state index >= 15 is 0 Å². The van der Waals surface area contributed by atoms with Gasteiger partial charge in [-0.15, -0.1) is 13.2 Å². The van der Waals surface area contributed by atoms with Crippen molar-refractivity contribution in [3.8, 4) is 0 Å². The minimum atomic E-state index is -4.66. The van der Waals surface area contributed by atoms with E-state index < -0.39 is 26.0 Å². The second kappa shape index (κ2) is 13.1. The monoisotopic (exact) mass is 684 g/mol. The van der Waals surface area contributed by atoms with Crippen LogP contribution in [0.5, 0.6) is 0 Å². The Morgan fingerprint density at radius 2 is 1.88 bits per heavy atom. The van der Waals surface area contributed by atoms with Crippen LogP contribution in [0.4, 0.5) is 35.4 Å². The van der Waals surface area contributed by atoms with E-state index in [1.807, 2.05) is 48.0 Å². The summed E-state index contributed by atoms with van der Waals surface area (Å²) in [6, 6.07) is 10.6. The summed E-state index contributed by atoms with van der Waals surface area (Å²) in [6.07, 6.45) is 2.28. The molecular formula is C33H43F3N8O3Si. The molecular weight excluding hydrogens is 641 g/mol. The standard InChI is InChI=1S/C33H43F3N8O3Si/c1-32(16-22-8-6-5-7-9-22)13-12-24(18-43(32)31(45)46)38-28-27-26(23-10-11-23)20-42(21-47-14-15-48(2,3)4)29(27)41-30(40-28)39-25-17-37-44(19-25)33(34,35)36/h5-9,17,19-20,23-24H,10-16,18,21H2,1-4H3,(H,45,46)(H2,38,39,40,41)/t24-,32+/m1/s1. The minimum Gasteiger partial charge on any atom is -0.465 e. The summed E-state index contributed by atoms with van der Waals surface area (Å²) in [5.41, 5.74) is 2.23. The highest BCUT2D eigenvalue weighted by Gasteiger charge is 2.41. The summed E-state index contributed by atoms with van der Waals surface area (Å²) in [6.45, 7) is 9.98. The van der Waals surface area contributed by atoms with E-state index in [-0.39, 0.29) is 35.6 Å². The Kier molecular flexibility index (Phi) is 9.19. The number of piperidine rings is 1. The maximum atomic E-state index is 13.3. The molecule has 3 N–H and O–H groups in total. The number of hydrogen-bond donors (Lipinski definition) is 3. The number of ether oxygens (including phenoxy) is 1. The van der Waals surface area contributed by atoms with Gasteiger partial charge in [-0.05, 0) is 62.1 Å². The highest BCUT2D eigenvalue weighted by Crippen LogP contribution is 2.46. The molecule has 2 fully saturated rings. The minimum absolute atomic E-state index is 0.0796. The van der Waals surface area contributed by atoms with E-state index in [1.165, 1.54) is 4.90 Å². The van der Waals surface area contributed by atoms with E-state index in [0.29, 0.717) is 43.3 Å². The number of anilines is 3. The number of likely N-dealkylation sites (tertiary alicyclic amines) is 1. The van der Waals surface area contributed by atoms with Crippen molar-refractivity contribution in [1.29, 1.82) is 0 Å². The van der Waals surface area contributed by atoms with Crippen LogP contribution in [0.3, 0.4) is 0 Å². The summed E-state index contributed by atoms with van der Waals surface area (Å²) in [4.78, 5) is 23.7. The quantitative estimate of drug-likeness (QED) is 0.103. The summed E-state index contributed by atoms with van der Waals surface area (Å²) >= 11 is 0. The molecule has 2 aliphatic rings. The highest BCUT2D eigenvalue weighted by atomic mass is 28.3. The number of alkyl halides is 3. The topological polar surface area (TPSA) is 122 Å². The van der Waals surface area contributed by atoms with Crippen molar-refractivity contribution in [2.45, 2.75) is 95.2 Å². The Hall–Kier alpha value is -4.11. The maximum absolute atomic E-state index is 13.3. The fourth-order valence-corrected chi connectivity index (χ4v) is 7.12. The third-order valence-electron chi connectivity index (χ3n) is 9.17. The number of aromatic nitrogens is 5. The van der Waals surface area contributed by atoms with Gasteiger partial charge in [-0.25, -0.2) is 4.79 Å². The molecule has 2 atom stereocenters. The number of nitrogens with one attached hydrogen (secondary N) is 2. The third kappa shape index (κ3) is 7.78. The first-order valence-corrected chi connectivity index (χ1v) is 20.1. The van der Waals surface area contributed by atoms with Gasteiger partial charge in [0.25, 0.3) is 0 Å². The lowest BCUT2D eigenvalue weighted by molar-refractivity contribution is -0.212. The zero-order valence-electron chi connectivity index (χ0n) is 27.7. The van der Waals surface area contributed by atoms with Gasteiger partial charge in [0.15, 0.2) is 0 Å². The number of nitrogens with zero attached hydrogens (tertiary/aromatic N) is 6. The fraction of sp³-hybridized carbons (Fsp3) is 0.515. The Labute approximate surface area is 278 Å². The lowest BCUT2D eigenvalue weighted by Crippen LogP contribution is -2.58. The van der Waals surface area contributed by atoms with E-state index in [2.05, 4.69) is 35.4 Å². The second-order valence-corrected chi connectivity index (χ2v) is 20.1. The normalized spacial score (nSPS) is 20.3. The summed E-state index contributed by atoms with van der Waals surface area (Å²) in [5.74, 6) is 0.936. The SMILES string of the molecule is C[C@@]1(Cc2ccccc2)CC[C@@H](Nc2nc(Nc3cnn(C(F)(F)F)c3)nc3c2c(C2CC2)cn3COCC[Si](C)(C)C)CN1C(=O)O.